The summed E-state index contributed by atoms with van der Waals surface area (Å²) < 4.78 is 3.25. The Morgan fingerprint density at radius 1 is 1.11 bits per heavy atom. The molecule has 0 aliphatic heterocycles. The number of nitrogens with one attached hydrogen (secondary N) is 1. The van der Waals surface area contributed by atoms with Gasteiger partial charge in [-0.3, -0.25) is 0 Å². The van der Waals surface area contributed by atoms with E-state index in [1.54, 1.807) is 0 Å². The Bertz CT molecular complexity index is 417. The summed E-state index contributed by atoms with van der Waals surface area (Å²) in [6, 6.07) is 4.68. The second kappa shape index (κ2) is 6.84. The number of hydrogen-bond acceptors (Lipinski definition) is 2. The summed E-state index contributed by atoms with van der Waals surface area (Å²) in [7, 11) is 0. The molecule has 2 rings (SSSR count). The summed E-state index contributed by atoms with van der Waals surface area (Å²) in [5, 5.41) is 13.1. The lowest BCUT2D eigenvalue weighted by atomic mass is 9.93. The Morgan fingerprint density at radius 2 is 1.78 bits per heavy atom. The first-order valence-corrected chi connectivity index (χ1v) is 8.49. The van der Waals surface area contributed by atoms with E-state index < -0.39 is 0 Å². The molecule has 5 heteroatoms. The molecular weight excluding hydrogens is 426 g/mol. The van der Waals surface area contributed by atoms with Gasteiger partial charge in [-0.15, -0.1) is 0 Å². The van der Waals surface area contributed by atoms with Crippen molar-refractivity contribution >= 4 is 47.8 Å². The van der Waals surface area contributed by atoms with Gasteiger partial charge in [-0.2, -0.15) is 0 Å². The monoisotopic (exact) mass is 439 g/mol. The van der Waals surface area contributed by atoms with E-state index in [4.69, 9.17) is 0 Å². The molecule has 0 unspecified atom stereocenters. The van der Waals surface area contributed by atoms with Crippen LogP contribution in [0.2, 0.25) is 0 Å². The summed E-state index contributed by atoms with van der Waals surface area (Å²) in [5.74, 6) is 0. The van der Waals surface area contributed by atoms with Crippen molar-refractivity contribution in [1.29, 1.82) is 0 Å². The Balaban J connectivity index is 1.94. The standard InChI is InChI=1S/C13H16Br3NO/c14-9-5-8(13(16)12(15)6-9)7-17-10-1-3-11(18)4-2-10/h5-6,10-11,17-18H,1-4,7H2. The maximum Gasteiger partial charge on any atom is 0.0541 e. The van der Waals surface area contributed by atoms with E-state index in [0.717, 1.165) is 45.6 Å². The van der Waals surface area contributed by atoms with Crippen LogP contribution < -0.4 is 5.32 Å². The molecule has 1 saturated carbocycles. The molecule has 0 aromatic heterocycles. The molecule has 0 atom stereocenters. The fraction of sp³-hybridized carbons (Fsp3) is 0.538. The molecule has 2 N–H and O–H groups in total. The zero-order chi connectivity index (χ0) is 13.1. The lowest BCUT2D eigenvalue weighted by Crippen LogP contribution is -2.34. The molecule has 0 bridgehead atoms. The van der Waals surface area contributed by atoms with Gasteiger partial charge in [0.05, 0.1) is 6.10 Å². The van der Waals surface area contributed by atoms with E-state index >= 15 is 0 Å². The van der Waals surface area contributed by atoms with Crippen LogP contribution in [-0.4, -0.2) is 17.3 Å². The fourth-order valence-corrected chi connectivity index (χ4v) is 3.95. The maximum atomic E-state index is 9.48. The van der Waals surface area contributed by atoms with Crippen LogP contribution in [0.1, 0.15) is 31.2 Å². The highest BCUT2D eigenvalue weighted by atomic mass is 79.9. The largest absolute Gasteiger partial charge is 0.393 e. The SMILES string of the molecule is OC1CCC(NCc2cc(Br)cc(Br)c2Br)CC1. The zero-order valence-electron chi connectivity index (χ0n) is 9.93. The van der Waals surface area contributed by atoms with Crippen LogP contribution in [-0.2, 0) is 6.54 Å². The average molecular weight is 442 g/mol. The molecule has 0 saturated heterocycles. The van der Waals surface area contributed by atoms with Crippen LogP contribution in [0, 0.1) is 0 Å². The van der Waals surface area contributed by atoms with Crippen LogP contribution in [0.25, 0.3) is 0 Å². The Kier molecular flexibility index (Phi) is 5.69. The Hall–Kier alpha value is 0.580. The molecule has 18 heavy (non-hydrogen) atoms. The first-order chi connectivity index (χ1) is 8.56. The Labute approximate surface area is 133 Å². The summed E-state index contributed by atoms with van der Waals surface area (Å²) in [5.41, 5.74) is 1.24. The van der Waals surface area contributed by atoms with Gasteiger partial charge in [-0.25, -0.2) is 0 Å². The molecule has 2 nitrogen and oxygen atoms in total. The lowest BCUT2D eigenvalue weighted by molar-refractivity contribution is 0.116. The van der Waals surface area contributed by atoms with Crippen molar-refractivity contribution in [2.24, 2.45) is 0 Å². The van der Waals surface area contributed by atoms with Crippen LogP contribution in [0.3, 0.4) is 0 Å². The van der Waals surface area contributed by atoms with Gasteiger partial charge in [-0.1, -0.05) is 15.9 Å². The molecule has 1 aromatic carbocycles. The minimum Gasteiger partial charge on any atom is -0.393 e. The number of benzene rings is 1. The molecular formula is C13H16Br3NO. The maximum absolute atomic E-state index is 9.48. The molecule has 0 heterocycles. The third-order valence-corrected chi connectivity index (χ3v) is 5.90. The van der Waals surface area contributed by atoms with Crippen LogP contribution in [0.15, 0.2) is 25.6 Å². The van der Waals surface area contributed by atoms with Crippen molar-refractivity contribution in [3.8, 4) is 0 Å². The van der Waals surface area contributed by atoms with Gasteiger partial charge in [0.25, 0.3) is 0 Å². The van der Waals surface area contributed by atoms with E-state index in [9.17, 15) is 5.11 Å². The summed E-state index contributed by atoms with van der Waals surface area (Å²) in [4.78, 5) is 0. The topological polar surface area (TPSA) is 32.3 Å². The van der Waals surface area contributed by atoms with Crippen molar-refractivity contribution in [2.75, 3.05) is 0 Å². The molecule has 0 radical (unpaired) electrons. The molecule has 0 spiro atoms. The van der Waals surface area contributed by atoms with Gasteiger partial charge in [0.1, 0.15) is 0 Å². The van der Waals surface area contributed by atoms with Gasteiger partial charge in [0, 0.05) is 26.0 Å². The minimum atomic E-state index is -0.0881. The van der Waals surface area contributed by atoms with Crippen LogP contribution in [0.4, 0.5) is 0 Å². The van der Waals surface area contributed by atoms with Crippen molar-refractivity contribution in [3.05, 3.63) is 31.1 Å². The lowest BCUT2D eigenvalue weighted by Gasteiger charge is -2.26. The predicted octanol–water partition coefficient (Wildman–Crippen LogP) is 4.37. The second-order valence-corrected chi connectivity index (χ2v) is 7.31. The second-order valence-electron chi connectivity index (χ2n) is 4.75. The third kappa shape index (κ3) is 4.04. The third-order valence-electron chi connectivity index (χ3n) is 3.35. The van der Waals surface area contributed by atoms with Gasteiger partial charge in [0.15, 0.2) is 0 Å². The summed E-state index contributed by atoms with van der Waals surface area (Å²) >= 11 is 10.6. The summed E-state index contributed by atoms with van der Waals surface area (Å²) in [6.07, 6.45) is 3.87. The first-order valence-electron chi connectivity index (χ1n) is 6.11. The van der Waals surface area contributed by atoms with Crippen molar-refractivity contribution < 1.29 is 5.11 Å². The van der Waals surface area contributed by atoms with E-state index in [0.29, 0.717) is 6.04 Å². The van der Waals surface area contributed by atoms with E-state index in [1.807, 2.05) is 6.07 Å². The fourth-order valence-electron chi connectivity index (χ4n) is 2.27. The van der Waals surface area contributed by atoms with Gasteiger partial charge < -0.3 is 10.4 Å². The van der Waals surface area contributed by atoms with Crippen molar-refractivity contribution in [1.82, 2.24) is 5.32 Å². The molecule has 1 aliphatic carbocycles. The van der Waals surface area contributed by atoms with E-state index in [-0.39, 0.29) is 6.10 Å². The number of hydrogen-bond donors (Lipinski definition) is 2. The number of aliphatic hydroxyl groups is 1. The predicted molar refractivity (Wildman–Crippen MR) is 84.6 cm³/mol. The van der Waals surface area contributed by atoms with Gasteiger partial charge in [-0.05, 0) is 75.2 Å². The van der Waals surface area contributed by atoms with Crippen molar-refractivity contribution in [2.45, 2.75) is 44.4 Å². The van der Waals surface area contributed by atoms with Crippen LogP contribution >= 0.6 is 47.8 Å². The smallest absolute Gasteiger partial charge is 0.0541 e. The summed E-state index contributed by atoms with van der Waals surface area (Å²) in [6.45, 7) is 0.847. The van der Waals surface area contributed by atoms with Crippen molar-refractivity contribution in [3.63, 3.8) is 0 Å². The Morgan fingerprint density at radius 3 is 2.44 bits per heavy atom. The number of rotatable bonds is 3. The van der Waals surface area contributed by atoms with E-state index in [2.05, 4.69) is 59.2 Å². The highest BCUT2D eigenvalue weighted by Crippen LogP contribution is 2.31. The molecule has 1 fully saturated rings. The quantitative estimate of drug-likeness (QED) is 0.683. The zero-order valence-corrected chi connectivity index (χ0v) is 14.7. The number of aliphatic hydroxyl groups excluding tert-OH is 1. The molecule has 1 aromatic rings. The molecule has 1 aliphatic rings. The molecule has 100 valence electrons. The van der Waals surface area contributed by atoms with Gasteiger partial charge in [0.2, 0.25) is 0 Å². The minimum absolute atomic E-state index is 0.0881. The highest BCUT2D eigenvalue weighted by Gasteiger charge is 2.19. The molecule has 0 amide bonds. The number of halogens is 3. The van der Waals surface area contributed by atoms with Gasteiger partial charge >= 0.3 is 0 Å². The first kappa shape index (κ1) is 15.0. The average Bonchev–Trinajstić information content (AvgIpc) is 2.34. The van der Waals surface area contributed by atoms with Crippen LogP contribution in [0.5, 0.6) is 0 Å². The highest BCUT2D eigenvalue weighted by molar-refractivity contribution is 9.13. The normalized spacial score (nSPS) is 24.2. The van der Waals surface area contributed by atoms with E-state index in [1.165, 1.54) is 5.56 Å².